The van der Waals surface area contributed by atoms with Crippen LogP contribution in [-0.4, -0.2) is 41.9 Å². The molecule has 11 heteroatoms. The van der Waals surface area contributed by atoms with Crippen molar-refractivity contribution in [3.63, 3.8) is 0 Å². The van der Waals surface area contributed by atoms with Crippen molar-refractivity contribution in [3.05, 3.63) is 63.7 Å². The quantitative estimate of drug-likeness (QED) is 0.394. The lowest BCUT2D eigenvalue weighted by Crippen LogP contribution is -2.49. The number of benzene rings is 2. The molecule has 0 aliphatic heterocycles. The van der Waals surface area contributed by atoms with E-state index >= 15 is 0 Å². The van der Waals surface area contributed by atoms with Crippen molar-refractivity contribution in [2.75, 3.05) is 24.9 Å². The van der Waals surface area contributed by atoms with Crippen LogP contribution in [0.15, 0.2) is 36.4 Å². The maximum Gasteiger partial charge on any atom is 0.273 e. The summed E-state index contributed by atoms with van der Waals surface area (Å²) in [5, 5.41) is 2.98. The third-order valence-electron chi connectivity index (χ3n) is 5.87. The molecule has 1 heterocycles. The second-order valence-electron chi connectivity index (χ2n) is 9.84. The Morgan fingerprint density at radius 3 is 2.18 bits per heavy atom. The Morgan fingerprint density at radius 2 is 1.66 bits per heavy atom. The Labute approximate surface area is 226 Å². The topological polar surface area (TPSA) is 150 Å². The molecule has 38 heavy (non-hydrogen) atoms. The van der Waals surface area contributed by atoms with Crippen molar-refractivity contribution >= 4 is 40.6 Å². The molecule has 5 N–H and O–H groups in total. The van der Waals surface area contributed by atoms with E-state index in [4.69, 9.17) is 20.9 Å². The third kappa shape index (κ3) is 5.88. The lowest BCUT2D eigenvalue weighted by Gasteiger charge is -2.34. The SMILES string of the molecule is COc1ccc([C@@H](C(=O)NC(C)(C)C)N(C(=O)c2snc(C(N)=O)c2N)c2ccc(C)c(C)c2)cc1OC. The fourth-order valence-corrected chi connectivity index (χ4v) is 4.62. The van der Waals surface area contributed by atoms with E-state index in [1.165, 1.54) is 19.1 Å². The van der Waals surface area contributed by atoms with Gasteiger partial charge in [0.2, 0.25) is 5.91 Å². The molecule has 0 aliphatic rings. The van der Waals surface area contributed by atoms with Gasteiger partial charge in [-0.1, -0.05) is 12.1 Å². The number of carbonyl (C=O) groups excluding carboxylic acids is 3. The van der Waals surface area contributed by atoms with E-state index in [1.807, 2.05) is 46.8 Å². The summed E-state index contributed by atoms with van der Waals surface area (Å²) in [7, 11) is 3.00. The van der Waals surface area contributed by atoms with E-state index in [0.717, 1.165) is 22.7 Å². The number of hydrogen-bond acceptors (Lipinski definition) is 8. The van der Waals surface area contributed by atoms with Crippen LogP contribution in [0.3, 0.4) is 0 Å². The van der Waals surface area contributed by atoms with Gasteiger partial charge >= 0.3 is 0 Å². The van der Waals surface area contributed by atoms with Crippen molar-refractivity contribution < 1.29 is 23.9 Å². The summed E-state index contributed by atoms with van der Waals surface area (Å²) in [5.74, 6) is -1.04. The number of aryl methyl sites for hydroxylation is 2. The van der Waals surface area contributed by atoms with Crippen LogP contribution in [0.4, 0.5) is 11.4 Å². The first-order chi connectivity index (χ1) is 17.8. The molecule has 3 amide bonds. The summed E-state index contributed by atoms with van der Waals surface area (Å²) >= 11 is 0.751. The molecule has 3 rings (SSSR count). The lowest BCUT2D eigenvalue weighted by atomic mass is 9.99. The Hall–Kier alpha value is -4.12. The number of nitrogen functional groups attached to an aromatic ring is 1. The van der Waals surface area contributed by atoms with Crippen LogP contribution in [0.5, 0.6) is 11.5 Å². The van der Waals surface area contributed by atoms with Gasteiger partial charge in [-0.2, -0.15) is 4.37 Å². The van der Waals surface area contributed by atoms with Crippen molar-refractivity contribution in [2.24, 2.45) is 5.73 Å². The first kappa shape index (κ1) is 28.5. The summed E-state index contributed by atoms with van der Waals surface area (Å²) in [6.07, 6.45) is 0. The summed E-state index contributed by atoms with van der Waals surface area (Å²) < 4.78 is 14.8. The minimum atomic E-state index is -1.15. The minimum Gasteiger partial charge on any atom is -0.493 e. The smallest absolute Gasteiger partial charge is 0.273 e. The molecule has 0 saturated carbocycles. The zero-order chi connectivity index (χ0) is 28.4. The molecular formula is C27H33N5O5S. The molecule has 1 aromatic heterocycles. The number of ether oxygens (including phenoxy) is 2. The summed E-state index contributed by atoms with van der Waals surface area (Å²) in [5.41, 5.74) is 13.4. The zero-order valence-electron chi connectivity index (χ0n) is 22.5. The first-order valence-electron chi connectivity index (χ1n) is 11.8. The lowest BCUT2D eigenvalue weighted by molar-refractivity contribution is -0.123. The average Bonchev–Trinajstić information content (AvgIpc) is 3.23. The maximum absolute atomic E-state index is 14.2. The number of amides is 3. The normalized spacial score (nSPS) is 12.0. The van der Waals surface area contributed by atoms with E-state index in [0.29, 0.717) is 22.7 Å². The van der Waals surface area contributed by atoms with Gasteiger partial charge in [-0.15, -0.1) is 0 Å². The Morgan fingerprint density at radius 1 is 1.00 bits per heavy atom. The van der Waals surface area contributed by atoms with Gasteiger partial charge in [0.05, 0.1) is 19.9 Å². The highest BCUT2D eigenvalue weighted by Crippen LogP contribution is 2.37. The number of aromatic nitrogens is 1. The third-order valence-corrected chi connectivity index (χ3v) is 6.72. The number of carbonyl (C=O) groups is 3. The molecule has 2 aromatic carbocycles. The molecule has 0 aliphatic carbocycles. The predicted octanol–water partition coefficient (Wildman–Crippen LogP) is 3.76. The van der Waals surface area contributed by atoms with Crippen LogP contribution in [0, 0.1) is 13.8 Å². The highest BCUT2D eigenvalue weighted by Gasteiger charge is 2.37. The largest absolute Gasteiger partial charge is 0.493 e. The van der Waals surface area contributed by atoms with E-state index in [1.54, 1.807) is 24.3 Å². The first-order valence-corrected chi connectivity index (χ1v) is 12.6. The van der Waals surface area contributed by atoms with Gasteiger partial charge in [0.1, 0.15) is 10.9 Å². The molecule has 1 atom stereocenters. The van der Waals surface area contributed by atoms with E-state index in [-0.39, 0.29) is 16.3 Å². The summed E-state index contributed by atoms with van der Waals surface area (Å²) in [6.45, 7) is 9.40. The van der Waals surface area contributed by atoms with E-state index in [2.05, 4.69) is 9.69 Å². The number of anilines is 2. The van der Waals surface area contributed by atoms with Crippen LogP contribution in [0.1, 0.15) is 63.7 Å². The van der Waals surface area contributed by atoms with Crippen molar-refractivity contribution in [2.45, 2.75) is 46.2 Å². The highest BCUT2D eigenvalue weighted by atomic mass is 32.1. The summed E-state index contributed by atoms with van der Waals surface area (Å²) in [4.78, 5) is 41.3. The fraction of sp³-hybridized carbons (Fsp3) is 0.333. The predicted molar refractivity (Wildman–Crippen MR) is 148 cm³/mol. The second-order valence-corrected chi connectivity index (χ2v) is 10.6. The molecule has 0 radical (unpaired) electrons. The van der Waals surface area contributed by atoms with Crippen LogP contribution in [0.25, 0.3) is 0 Å². The minimum absolute atomic E-state index is 0.00827. The van der Waals surface area contributed by atoms with Gasteiger partial charge in [-0.3, -0.25) is 19.3 Å². The number of primary amides is 1. The van der Waals surface area contributed by atoms with Crippen LogP contribution in [0.2, 0.25) is 0 Å². The van der Waals surface area contributed by atoms with Gasteiger partial charge in [-0.25, -0.2) is 0 Å². The molecular weight excluding hydrogens is 506 g/mol. The highest BCUT2D eigenvalue weighted by molar-refractivity contribution is 7.09. The van der Waals surface area contributed by atoms with Crippen LogP contribution in [-0.2, 0) is 4.79 Å². The number of nitrogens with two attached hydrogens (primary N) is 2. The van der Waals surface area contributed by atoms with E-state index in [9.17, 15) is 14.4 Å². The number of methoxy groups -OCH3 is 2. The second kappa shape index (κ2) is 11.1. The molecule has 0 saturated heterocycles. The standard InChI is InChI=1S/C27H33N5O5S/c1-14-8-10-17(12-15(14)2)32(26(35)23-20(28)21(24(29)33)31-38-23)22(25(34)30-27(3,4)5)16-9-11-18(36-6)19(13-16)37-7/h8-13,22H,28H2,1-7H3,(H2,29,33)(H,30,34)/t22-/m0/s1. The Balaban J connectivity index is 2.31. The Bertz CT molecular complexity index is 1380. The van der Waals surface area contributed by atoms with Crippen molar-refractivity contribution in [3.8, 4) is 11.5 Å². The molecule has 0 fully saturated rings. The zero-order valence-corrected chi connectivity index (χ0v) is 23.4. The monoisotopic (exact) mass is 539 g/mol. The maximum atomic E-state index is 14.2. The number of hydrogen-bond donors (Lipinski definition) is 3. The number of rotatable bonds is 8. The number of nitrogens with one attached hydrogen (secondary N) is 1. The van der Waals surface area contributed by atoms with E-state index < -0.39 is 29.3 Å². The van der Waals surface area contributed by atoms with Gasteiger partial charge < -0.3 is 26.3 Å². The Kier molecular flexibility index (Phi) is 8.31. The van der Waals surface area contributed by atoms with Gasteiger partial charge in [0.25, 0.3) is 11.8 Å². The number of nitrogens with zero attached hydrogens (tertiary/aromatic N) is 2. The van der Waals surface area contributed by atoms with Gasteiger partial charge in [-0.05, 0) is 87.1 Å². The van der Waals surface area contributed by atoms with Crippen LogP contribution < -0.4 is 31.2 Å². The molecule has 0 unspecified atom stereocenters. The molecule has 202 valence electrons. The van der Waals surface area contributed by atoms with Gasteiger partial charge in [0.15, 0.2) is 17.2 Å². The fourth-order valence-electron chi connectivity index (χ4n) is 3.88. The summed E-state index contributed by atoms with van der Waals surface area (Å²) in [6, 6.07) is 9.30. The molecule has 3 aromatic rings. The average molecular weight is 540 g/mol. The van der Waals surface area contributed by atoms with Crippen molar-refractivity contribution in [1.29, 1.82) is 0 Å². The molecule has 0 bridgehead atoms. The molecule has 10 nitrogen and oxygen atoms in total. The van der Waals surface area contributed by atoms with Gasteiger partial charge in [0, 0.05) is 11.2 Å². The van der Waals surface area contributed by atoms with Crippen LogP contribution >= 0.6 is 11.5 Å². The van der Waals surface area contributed by atoms with Crippen molar-refractivity contribution in [1.82, 2.24) is 9.69 Å². The molecule has 0 spiro atoms.